The number of rotatable bonds is 6. The van der Waals surface area contributed by atoms with Crippen LogP contribution in [0, 0.1) is 0 Å². The molecule has 0 radical (unpaired) electrons. The van der Waals surface area contributed by atoms with Gasteiger partial charge >= 0.3 is 0 Å². The molecule has 1 aliphatic carbocycles. The van der Waals surface area contributed by atoms with E-state index in [1.54, 1.807) is 0 Å². The molecule has 2 heteroatoms. The van der Waals surface area contributed by atoms with Crippen LogP contribution < -0.4 is 5.73 Å². The maximum atomic E-state index is 6.14. The summed E-state index contributed by atoms with van der Waals surface area (Å²) >= 11 is 0. The Morgan fingerprint density at radius 2 is 1.89 bits per heavy atom. The monoisotopic (exact) mass is 246 g/mol. The second-order valence-corrected chi connectivity index (χ2v) is 6.09. The van der Waals surface area contributed by atoms with Gasteiger partial charge < -0.3 is 10.6 Å². The molecule has 0 amide bonds. The molecule has 1 aromatic carbocycles. The molecule has 1 saturated carbocycles. The molecular formula is C16H26N2. The van der Waals surface area contributed by atoms with Crippen molar-refractivity contribution in [3.63, 3.8) is 0 Å². The SMILES string of the molecule is CCC(C)c1ccc(CN(C)CC2(N)CC2)cc1. The van der Waals surface area contributed by atoms with Gasteiger partial charge in [0.25, 0.3) is 0 Å². The molecule has 1 atom stereocenters. The molecule has 1 aliphatic rings. The molecule has 0 aliphatic heterocycles. The van der Waals surface area contributed by atoms with E-state index in [2.05, 4.69) is 50.1 Å². The second-order valence-electron chi connectivity index (χ2n) is 6.09. The lowest BCUT2D eigenvalue weighted by molar-refractivity contribution is 0.296. The topological polar surface area (TPSA) is 29.3 Å². The summed E-state index contributed by atoms with van der Waals surface area (Å²) in [6.45, 7) is 6.54. The smallest absolute Gasteiger partial charge is 0.0284 e. The third kappa shape index (κ3) is 3.56. The van der Waals surface area contributed by atoms with E-state index in [1.807, 2.05) is 0 Å². The van der Waals surface area contributed by atoms with Gasteiger partial charge in [-0.15, -0.1) is 0 Å². The first-order valence-corrected chi connectivity index (χ1v) is 7.09. The van der Waals surface area contributed by atoms with Crippen LogP contribution in [0.1, 0.15) is 50.2 Å². The maximum Gasteiger partial charge on any atom is 0.0284 e. The van der Waals surface area contributed by atoms with E-state index >= 15 is 0 Å². The fourth-order valence-corrected chi connectivity index (χ4v) is 2.41. The Morgan fingerprint density at radius 3 is 2.39 bits per heavy atom. The zero-order valence-electron chi connectivity index (χ0n) is 11.9. The van der Waals surface area contributed by atoms with Gasteiger partial charge in [0.15, 0.2) is 0 Å². The third-order valence-electron chi connectivity index (χ3n) is 4.09. The molecule has 18 heavy (non-hydrogen) atoms. The Morgan fingerprint density at radius 1 is 1.28 bits per heavy atom. The van der Waals surface area contributed by atoms with Gasteiger partial charge in [-0.1, -0.05) is 38.1 Å². The first-order valence-electron chi connectivity index (χ1n) is 7.09. The average molecular weight is 246 g/mol. The van der Waals surface area contributed by atoms with Crippen molar-refractivity contribution in [3.8, 4) is 0 Å². The van der Waals surface area contributed by atoms with E-state index in [9.17, 15) is 0 Å². The molecule has 2 N–H and O–H groups in total. The maximum absolute atomic E-state index is 6.14. The molecule has 0 aromatic heterocycles. The highest BCUT2D eigenvalue weighted by atomic mass is 15.1. The van der Waals surface area contributed by atoms with Crippen LogP contribution in [0.2, 0.25) is 0 Å². The van der Waals surface area contributed by atoms with E-state index in [0.717, 1.165) is 13.1 Å². The van der Waals surface area contributed by atoms with E-state index < -0.39 is 0 Å². The molecule has 1 aromatic rings. The van der Waals surface area contributed by atoms with Crippen molar-refractivity contribution >= 4 is 0 Å². The second kappa shape index (κ2) is 5.41. The zero-order valence-corrected chi connectivity index (χ0v) is 11.9. The Kier molecular flexibility index (Phi) is 4.08. The fourth-order valence-electron chi connectivity index (χ4n) is 2.41. The normalized spacial score (nSPS) is 18.9. The highest BCUT2D eigenvalue weighted by Crippen LogP contribution is 2.32. The van der Waals surface area contributed by atoms with Crippen LogP contribution in [-0.2, 0) is 6.54 Å². The largest absolute Gasteiger partial charge is 0.324 e. The molecule has 1 unspecified atom stereocenters. The molecule has 0 heterocycles. The Balaban J connectivity index is 1.89. The summed E-state index contributed by atoms with van der Waals surface area (Å²) in [5.74, 6) is 0.663. The zero-order chi connectivity index (χ0) is 13.2. The predicted molar refractivity (Wildman–Crippen MR) is 77.6 cm³/mol. The minimum atomic E-state index is 0.116. The number of nitrogens with zero attached hydrogens (tertiary/aromatic N) is 1. The fraction of sp³-hybridized carbons (Fsp3) is 0.625. The molecule has 0 bridgehead atoms. The van der Waals surface area contributed by atoms with Crippen LogP contribution in [0.5, 0.6) is 0 Å². The van der Waals surface area contributed by atoms with Crippen LogP contribution in [0.15, 0.2) is 24.3 Å². The quantitative estimate of drug-likeness (QED) is 0.835. The number of benzene rings is 1. The Bertz CT molecular complexity index is 379. The summed E-state index contributed by atoms with van der Waals surface area (Å²) in [6.07, 6.45) is 3.57. The van der Waals surface area contributed by atoms with Crippen molar-refractivity contribution in [2.24, 2.45) is 5.73 Å². The average Bonchev–Trinajstić information content (AvgIpc) is 3.06. The van der Waals surface area contributed by atoms with Crippen molar-refractivity contribution in [2.45, 2.75) is 51.1 Å². The summed E-state index contributed by atoms with van der Waals surface area (Å²) in [4.78, 5) is 2.34. The number of likely N-dealkylation sites (N-methyl/N-ethyl adjacent to an activating group) is 1. The summed E-state index contributed by atoms with van der Waals surface area (Å²) in [5.41, 5.74) is 9.09. The first kappa shape index (κ1) is 13.6. The Hall–Kier alpha value is -0.860. The van der Waals surface area contributed by atoms with Crippen LogP contribution in [-0.4, -0.2) is 24.0 Å². The van der Waals surface area contributed by atoms with Gasteiger partial charge in [-0.2, -0.15) is 0 Å². The Labute approximate surface area is 111 Å². The van der Waals surface area contributed by atoms with Gasteiger partial charge in [0.1, 0.15) is 0 Å². The minimum absolute atomic E-state index is 0.116. The molecule has 2 nitrogen and oxygen atoms in total. The molecule has 0 saturated heterocycles. The molecule has 0 spiro atoms. The lowest BCUT2D eigenvalue weighted by Gasteiger charge is -2.21. The summed E-state index contributed by atoms with van der Waals surface area (Å²) in [5, 5.41) is 0. The predicted octanol–water partition coefficient (Wildman–Crippen LogP) is 3.12. The molecule has 1 fully saturated rings. The van der Waals surface area contributed by atoms with E-state index in [4.69, 9.17) is 5.73 Å². The highest BCUT2D eigenvalue weighted by Gasteiger charge is 2.38. The standard InChI is InChI=1S/C16H26N2/c1-4-13(2)15-7-5-14(6-8-15)11-18(3)12-16(17)9-10-16/h5-8,13H,4,9-12,17H2,1-3H3. The van der Waals surface area contributed by atoms with Crippen LogP contribution in [0.3, 0.4) is 0 Å². The number of hydrogen-bond acceptors (Lipinski definition) is 2. The summed E-state index contributed by atoms with van der Waals surface area (Å²) in [6, 6.07) is 9.06. The van der Waals surface area contributed by atoms with E-state index in [0.29, 0.717) is 5.92 Å². The number of nitrogens with two attached hydrogens (primary N) is 1. The van der Waals surface area contributed by atoms with Crippen molar-refractivity contribution in [1.82, 2.24) is 4.90 Å². The van der Waals surface area contributed by atoms with Gasteiger partial charge in [0.2, 0.25) is 0 Å². The first-order chi connectivity index (χ1) is 8.52. The van der Waals surface area contributed by atoms with E-state index in [1.165, 1.54) is 30.4 Å². The molecule has 100 valence electrons. The van der Waals surface area contributed by atoms with Crippen molar-refractivity contribution < 1.29 is 0 Å². The highest BCUT2D eigenvalue weighted by molar-refractivity contribution is 5.25. The molecule has 2 rings (SSSR count). The van der Waals surface area contributed by atoms with E-state index in [-0.39, 0.29) is 5.54 Å². The van der Waals surface area contributed by atoms with Crippen molar-refractivity contribution in [1.29, 1.82) is 0 Å². The van der Waals surface area contributed by atoms with Gasteiger partial charge in [0, 0.05) is 18.6 Å². The van der Waals surface area contributed by atoms with Crippen molar-refractivity contribution in [2.75, 3.05) is 13.6 Å². The lowest BCUT2D eigenvalue weighted by Crippen LogP contribution is -2.36. The van der Waals surface area contributed by atoms with Gasteiger partial charge in [-0.3, -0.25) is 0 Å². The van der Waals surface area contributed by atoms with Crippen LogP contribution in [0.4, 0.5) is 0 Å². The van der Waals surface area contributed by atoms with Gasteiger partial charge in [-0.25, -0.2) is 0 Å². The third-order valence-corrected chi connectivity index (χ3v) is 4.09. The number of hydrogen-bond donors (Lipinski definition) is 1. The lowest BCUT2D eigenvalue weighted by atomic mass is 9.97. The van der Waals surface area contributed by atoms with Crippen molar-refractivity contribution in [3.05, 3.63) is 35.4 Å². The summed E-state index contributed by atoms with van der Waals surface area (Å²) < 4.78 is 0. The summed E-state index contributed by atoms with van der Waals surface area (Å²) in [7, 11) is 2.16. The molecular weight excluding hydrogens is 220 g/mol. The van der Waals surface area contributed by atoms with Crippen LogP contribution >= 0.6 is 0 Å². The minimum Gasteiger partial charge on any atom is -0.324 e. The van der Waals surface area contributed by atoms with Gasteiger partial charge in [-0.05, 0) is 43.4 Å². The van der Waals surface area contributed by atoms with Crippen LogP contribution in [0.25, 0.3) is 0 Å². The van der Waals surface area contributed by atoms with Gasteiger partial charge in [0.05, 0.1) is 0 Å².